The molecule has 1 aromatic rings. The van der Waals surface area contributed by atoms with Crippen molar-refractivity contribution < 1.29 is 14.2 Å². The van der Waals surface area contributed by atoms with Crippen molar-refractivity contribution in [3.05, 3.63) is 28.8 Å². The molecule has 2 atom stereocenters. The summed E-state index contributed by atoms with van der Waals surface area (Å²) in [6.45, 7) is 9.32. The second kappa shape index (κ2) is 7.78. The first-order chi connectivity index (χ1) is 10.2. The van der Waals surface area contributed by atoms with Crippen molar-refractivity contribution in [1.29, 1.82) is 0 Å². The van der Waals surface area contributed by atoms with Gasteiger partial charge in [-0.25, -0.2) is 0 Å². The quantitative estimate of drug-likeness (QED) is 0.875. The number of benzene rings is 1. The smallest absolute Gasteiger partial charge is 0.124 e. The molecule has 1 saturated heterocycles. The molecule has 1 fully saturated rings. The average molecular weight is 293 g/mol. The molecule has 4 nitrogen and oxygen atoms in total. The Hall–Kier alpha value is -1.10. The Morgan fingerprint density at radius 3 is 2.52 bits per heavy atom. The molecule has 0 amide bonds. The zero-order chi connectivity index (χ0) is 15.2. The lowest BCUT2D eigenvalue weighted by Gasteiger charge is -2.32. The standard InChI is InChI=1S/C17H27NO3/c1-5-6-18-16(15-11-20-7-8-21-15)14-9-12(2)17(19-4)13(3)10-14/h9-10,15-16,18H,5-8,11H2,1-4H3. The summed E-state index contributed by atoms with van der Waals surface area (Å²) in [7, 11) is 1.72. The highest BCUT2D eigenvalue weighted by molar-refractivity contribution is 5.44. The van der Waals surface area contributed by atoms with Crippen LogP contribution in [0.4, 0.5) is 0 Å². The van der Waals surface area contributed by atoms with Crippen molar-refractivity contribution in [3.63, 3.8) is 0 Å². The minimum absolute atomic E-state index is 0.0671. The highest BCUT2D eigenvalue weighted by Gasteiger charge is 2.27. The SMILES string of the molecule is CCCNC(c1cc(C)c(OC)c(C)c1)C1COCCO1. The van der Waals surface area contributed by atoms with Crippen molar-refractivity contribution >= 4 is 0 Å². The van der Waals surface area contributed by atoms with E-state index in [9.17, 15) is 0 Å². The number of hydrogen-bond acceptors (Lipinski definition) is 4. The fourth-order valence-electron chi connectivity index (χ4n) is 2.95. The van der Waals surface area contributed by atoms with Gasteiger partial charge in [0.2, 0.25) is 0 Å². The minimum Gasteiger partial charge on any atom is -0.496 e. The molecule has 0 saturated carbocycles. The van der Waals surface area contributed by atoms with Crippen LogP contribution in [0.1, 0.15) is 36.1 Å². The molecule has 4 heteroatoms. The highest BCUT2D eigenvalue weighted by Crippen LogP contribution is 2.30. The Kier molecular flexibility index (Phi) is 6.03. The van der Waals surface area contributed by atoms with Gasteiger partial charge in [-0.2, -0.15) is 0 Å². The molecule has 2 unspecified atom stereocenters. The van der Waals surface area contributed by atoms with E-state index in [1.54, 1.807) is 7.11 Å². The molecule has 0 aromatic heterocycles. The lowest BCUT2D eigenvalue weighted by molar-refractivity contribution is -0.102. The maximum absolute atomic E-state index is 5.91. The van der Waals surface area contributed by atoms with Gasteiger partial charge in [0.25, 0.3) is 0 Å². The lowest BCUT2D eigenvalue weighted by Crippen LogP contribution is -2.41. The summed E-state index contributed by atoms with van der Waals surface area (Å²) in [6, 6.07) is 4.54. The summed E-state index contributed by atoms with van der Waals surface area (Å²) in [6.07, 6.45) is 1.16. The molecule has 0 aliphatic carbocycles. The van der Waals surface area contributed by atoms with E-state index in [-0.39, 0.29) is 12.1 Å². The molecule has 1 heterocycles. The molecule has 2 rings (SSSR count). The fourth-order valence-corrected chi connectivity index (χ4v) is 2.95. The molecule has 0 spiro atoms. The van der Waals surface area contributed by atoms with Crippen LogP contribution >= 0.6 is 0 Å². The van der Waals surface area contributed by atoms with Gasteiger partial charge in [-0.3, -0.25) is 0 Å². The van der Waals surface area contributed by atoms with Crippen LogP contribution in [-0.4, -0.2) is 39.6 Å². The summed E-state index contributed by atoms with van der Waals surface area (Å²) in [5, 5.41) is 3.60. The van der Waals surface area contributed by atoms with E-state index in [1.165, 1.54) is 5.56 Å². The molecule has 0 radical (unpaired) electrons. The van der Waals surface area contributed by atoms with Gasteiger partial charge < -0.3 is 19.5 Å². The maximum atomic E-state index is 5.91. The highest BCUT2D eigenvalue weighted by atomic mass is 16.6. The molecule has 1 aliphatic heterocycles. The Bertz CT molecular complexity index is 432. The second-order valence-electron chi connectivity index (χ2n) is 5.60. The van der Waals surface area contributed by atoms with E-state index >= 15 is 0 Å². The summed E-state index contributed by atoms with van der Waals surface area (Å²) in [5.41, 5.74) is 3.56. The fraction of sp³-hybridized carbons (Fsp3) is 0.647. The first kappa shape index (κ1) is 16.3. The molecule has 0 bridgehead atoms. The summed E-state index contributed by atoms with van der Waals surface area (Å²) in [5.74, 6) is 0.966. The van der Waals surface area contributed by atoms with Gasteiger partial charge in [-0.15, -0.1) is 0 Å². The number of hydrogen-bond donors (Lipinski definition) is 1. The summed E-state index contributed by atoms with van der Waals surface area (Å²) >= 11 is 0. The predicted octanol–water partition coefficient (Wildman–Crippen LogP) is 2.77. The molecular formula is C17H27NO3. The van der Waals surface area contributed by atoms with E-state index in [2.05, 4.69) is 38.2 Å². The van der Waals surface area contributed by atoms with Crippen LogP contribution in [0.2, 0.25) is 0 Å². The van der Waals surface area contributed by atoms with Crippen molar-refractivity contribution in [2.45, 2.75) is 39.3 Å². The topological polar surface area (TPSA) is 39.7 Å². The summed E-state index contributed by atoms with van der Waals surface area (Å²) in [4.78, 5) is 0. The minimum atomic E-state index is 0.0671. The van der Waals surface area contributed by atoms with E-state index in [4.69, 9.17) is 14.2 Å². The number of aryl methyl sites for hydroxylation is 2. The third kappa shape index (κ3) is 3.96. The van der Waals surface area contributed by atoms with Crippen LogP contribution < -0.4 is 10.1 Å². The maximum Gasteiger partial charge on any atom is 0.124 e. The zero-order valence-electron chi connectivity index (χ0n) is 13.6. The Balaban J connectivity index is 2.26. The molecule has 21 heavy (non-hydrogen) atoms. The monoisotopic (exact) mass is 293 g/mol. The molecular weight excluding hydrogens is 266 g/mol. The van der Waals surface area contributed by atoms with Gasteiger partial charge in [0.15, 0.2) is 0 Å². The van der Waals surface area contributed by atoms with Crippen molar-refractivity contribution in [3.8, 4) is 5.75 Å². The van der Waals surface area contributed by atoms with Crippen LogP contribution in [0, 0.1) is 13.8 Å². The molecule has 1 N–H and O–H groups in total. The average Bonchev–Trinajstić information content (AvgIpc) is 2.48. The third-order valence-electron chi connectivity index (χ3n) is 3.87. The first-order valence-corrected chi connectivity index (χ1v) is 7.75. The second-order valence-corrected chi connectivity index (χ2v) is 5.60. The van der Waals surface area contributed by atoms with Gasteiger partial charge in [0.1, 0.15) is 11.9 Å². The largest absolute Gasteiger partial charge is 0.496 e. The van der Waals surface area contributed by atoms with E-state index < -0.39 is 0 Å². The molecule has 1 aromatic carbocycles. The first-order valence-electron chi connectivity index (χ1n) is 7.75. The zero-order valence-corrected chi connectivity index (χ0v) is 13.6. The number of ether oxygens (including phenoxy) is 3. The van der Waals surface area contributed by atoms with E-state index in [0.717, 1.165) is 29.8 Å². The van der Waals surface area contributed by atoms with Gasteiger partial charge >= 0.3 is 0 Å². The number of methoxy groups -OCH3 is 1. The molecule has 118 valence electrons. The van der Waals surface area contributed by atoms with Crippen LogP contribution in [0.3, 0.4) is 0 Å². The van der Waals surface area contributed by atoms with Crippen LogP contribution in [0.25, 0.3) is 0 Å². The third-order valence-corrected chi connectivity index (χ3v) is 3.87. The predicted molar refractivity (Wildman–Crippen MR) is 84.1 cm³/mol. The Morgan fingerprint density at radius 2 is 2.00 bits per heavy atom. The number of nitrogens with one attached hydrogen (secondary N) is 1. The van der Waals surface area contributed by atoms with Crippen LogP contribution in [-0.2, 0) is 9.47 Å². The van der Waals surface area contributed by atoms with Crippen molar-refractivity contribution in [2.24, 2.45) is 0 Å². The van der Waals surface area contributed by atoms with Gasteiger partial charge in [-0.05, 0) is 43.5 Å². The summed E-state index contributed by atoms with van der Waals surface area (Å²) < 4.78 is 17.0. The normalized spacial score (nSPS) is 20.3. The molecule has 1 aliphatic rings. The van der Waals surface area contributed by atoms with E-state index in [0.29, 0.717) is 19.8 Å². The van der Waals surface area contributed by atoms with Crippen molar-refractivity contribution in [2.75, 3.05) is 33.5 Å². The Labute approximate surface area is 127 Å². The van der Waals surface area contributed by atoms with E-state index in [1.807, 2.05) is 0 Å². The number of rotatable bonds is 6. The Morgan fingerprint density at radius 1 is 1.29 bits per heavy atom. The van der Waals surface area contributed by atoms with Gasteiger partial charge in [0, 0.05) is 0 Å². The van der Waals surface area contributed by atoms with Gasteiger partial charge in [0.05, 0.1) is 33.0 Å². The lowest BCUT2D eigenvalue weighted by atomic mass is 9.96. The van der Waals surface area contributed by atoms with Crippen LogP contribution in [0.15, 0.2) is 12.1 Å². The van der Waals surface area contributed by atoms with Crippen molar-refractivity contribution in [1.82, 2.24) is 5.32 Å². The van der Waals surface area contributed by atoms with Gasteiger partial charge in [-0.1, -0.05) is 19.1 Å². The van der Waals surface area contributed by atoms with Crippen LogP contribution in [0.5, 0.6) is 5.75 Å².